The first-order valence-electron chi connectivity index (χ1n) is 19.5. The SMILES string of the molecule is CN(CCCN(C)C(=O)CO[C@H]1Cc2ccccc2C12CCN(CC[C@@]1(c3ccc(Cl)c(Cl)c3)CN(C(=O)c3cc(C(F)(F)F)cc(C(F)(F)F)c3)CCO1)CC2)C(=O)O. The number of piperidine rings is 1. The Morgan fingerprint density at radius 3 is 2.17 bits per heavy atom. The van der Waals surface area contributed by atoms with Crippen molar-refractivity contribution in [3.05, 3.63) is 104 Å². The average molecular weight is 888 g/mol. The highest BCUT2D eigenvalue weighted by Gasteiger charge is 2.50. The number of halogens is 8. The van der Waals surface area contributed by atoms with Gasteiger partial charge in [0.15, 0.2) is 0 Å². The fourth-order valence-corrected chi connectivity index (χ4v) is 8.89. The van der Waals surface area contributed by atoms with Gasteiger partial charge in [-0.15, -0.1) is 0 Å². The largest absolute Gasteiger partial charge is 0.465 e. The molecule has 0 bridgehead atoms. The van der Waals surface area contributed by atoms with Gasteiger partial charge >= 0.3 is 18.4 Å². The summed E-state index contributed by atoms with van der Waals surface area (Å²) < 4.78 is 95.2. The second-order valence-electron chi connectivity index (χ2n) is 15.8. The Balaban J connectivity index is 1.17. The fraction of sp³-hybridized carbons (Fsp3) is 0.500. The highest BCUT2D eigenvalue weighted by atomic mass is 35.5. The highest BCUT2D eigenvalue weighted by molar-refractivity contribution is 6.42. The summed E-state index contributed by atoms with van der Waals surface area (Å²) in [7, 11) is 3.13. The molecule has 0 unspecified atom stereocenters. The smallest absolute Gasteiger partial charge is 0.416 e. The number of rotatable bonds is 12. The molecule has 6 rings (SSSR count). The predicted molar refractivity (Wildman–Crippen MR) is 211 cm³/mol. The minimum atomic E-state index is -5.12. The maximum Gasteiger partial charge on any atom is 0.416 e. The van der Waals surface area contributed by atoms with Crippen molar-refractivity contribution in [1.82, 2.24) is 19.6 Å². The number of carbonyl (C=O) groups is 3. The van der Waals surface area contributed by atoms with E-state index in [0.717, 1.165) is 10.5 Å². The van der Waals surface area contributed by atoms with Gasteiger partial charge in [-0.3, -0.25) is 9.59 Å². The molecule has 3 amide bonds. The van der Waals surface area contributed by atoms with E-state index in [9.17, 15) is 40.7 Å². The van der Waals surface area contributed by atoms with Gasteiger partial charge in [-0.2, -0.15) is 26.3 Å². The summed E-state index contributed by atoms with van der Waals surface area (Å²) in [5.74, 6) is -1.21. The van der Waals surface area contributed by atoms with Crippen molar-refractivity contribution < 1.29 is 55.3 Å². The van der Waals surface area contributed by atoms with Gasteiger partial charge in [0.05, 0.1) is 40.4 Å². The Hall–Kier alpha value is -4.09. The van der Waals surface area contributed by atoms with Crippen LogP contribution in [0.15, 0.2) is 60.7 Å². The number of hydrogen-bond acceptors (Lipinski definition) is 6. The molecule has 2 aliphatic heterocycles. The lowest BCUT2D eigenvalue weighted by molar-refractivity contribution is -0.143. The van der Waals surface area contributed by atoms with Crippen LogP contribution in [-0.4, -0.2) is 122 Å². The number of likely N-dealkylation sites (N-methyl/N-ethyl adjacent to an activating group) is 1. The third-order valence-electron chi connectivity index (χ3n) is 12.1. The Morgan fingerprint density at radius 1 is 0.883 bits per heavy atom. The third-order valence-corrected chi connectivity index (χ3v) is 12.8. The van der Waals surface area contributed by atoms with Crippen molar-refractivity contribution in [3.63, 3.8) is 0 Å². The summed E-state index contributed by atoms with van der Waals surface area (Å²) in [6, 6.07) is 13.8. The topological polar surface area (TPSA) is 103 Å². The van der Waals surface area contributed by atoms with Crippen LogP contribution in [0.2, 0.25) is 10.0 Å². The third kappa shape index (κ3) is 9.99. The van der Waals surface area contributed by atoms with Crippen LogP contribution in [0.3, 0.4) is 0 Å². The lowest BCUT2D eigenvalue weighted by Gasteiger charge is -2.46. The maximum absolute atomic E-state index is 13.8. The van der Waals surface area contributed by atoms with Crippen LogP contribution < -0.4 is 0 Å². The zero-order chi connectivity index (χ0) is 43.6. The number of hydrogen-bond donors (Lipinski definition) is 1. The van der Waals surface area contributed by atoms with E-state index in [4.69, 9.17) is 37.8 Å². The summed E-state index contributed by atoms with van der Waals surface area (Å²) in [4.78, 5) is 44.2. The Bertz CT molecular complexity index is 2030. The number of morpholine rings is 1. The van der Waals surface area contributed by atoms with Gasteiger partial charge in [0.2, 0.25) is 5.91 Å². The minimum Gasteiger partial charge on any atom is -0.465 e. The molecule has 2 atom stereocenters. The number of fused-ring (bicyclic) bond motifs is 2. The molecule has 2 saturated heterocycles. The van der Waals surface area contributed by atoms with Crippen molar-refractivity contribution in [3.8, 4) is 0 Å². The maximum atomic E-state index is 13.8. The van der Waals surface area contributed by atoms with Gasteiger partial charge < -0.3 is 34.2 Å². The molecule has 1 spiro atoms. The molecule has 0 saturated carbocycles. The number of alkyl halides is 6. The van der Waals surface area contributed by atoms with Gasteiger partial charge in [0.25, 0.3) is 5.91 Å². The van der Waals surface area contributed by atoms with Crippen LogP contribution in [-0.2, 0) is 44.1 Å². The minimum absolute atomic E-state index is 0.00973. The number of benzene rings is 3. The molecular weight excluding hydrogens is 841 g/mol. The Kier molecular flexibility index (Phi) is 13.7. The van der Waals surface area contributed by atoms with E-state index in [1.165, 1.54) is 22.4 Å². The normalized spacial score (nSPS) is 20.6. The first-order chi connectivity index (χ1) is 28.2. The second-order valence-corrected chi connectivity index (χ2v) is 16.6. The Labute approximate surface area is 353 Å². The molecule has 60 heavy (non-hydrogen) atoms. The zero-order valence-corrected chi connectivity index (χ0v) is 34.6. The van der Waals surface area contributed by atoms with E-state index in [2.05, 4.69) is 17.0 Å². The lowest BCUT2D eigenvalue weighted by atomic mass is 9.72. The molecule has 3 aromatic rings. The summed E-state index contributed by atoms with van der Waals surface area (Å²) in [5.41, 5.74) is -2.65. The number of amides is 3. The van der Waals surface area contributed by atoms with Gasteiger partial charge in [-0.25, -0.2) is 4.79 Å². The Morgan fingerprint density at radius 2 is 1.53 bits per heavy atom. The van der Waals surface area contributed by atoms with Crippen LogP contribution in [0.5, 0.6) is 0 Å². The van der Waals surface area contributed by atoms with Crippen molar-refractivity contribution in [2.45, 2.75) is 61.6 Å². The molecule has 3 aliphatic rings. The van der Waals surface area contributed by atoms with Gasteiger partial charge in [-0.1, -0.05) is 53.5 Å². The molecule has 1 aliphatic carbocycles. The van der Waals surface area contributed by atoms with Gasteiger partial charge in [0, 0.05) is 51.3 Å². The van der Waals surface area contributed by atoms with Crippen LogP contribution in [0.25, 0.3) is 0 Å². The quantitative estimate of drug-likeness (QED) is 0.183. The number of likely N-dealkylation sites (tertiary alicyclic amines) is 1. The van der Waals surface area contributed by atoms with Crippen LogP contribution >= 0.6 is 23.2 Å². The molecule has 10 nitrogen and oxygen atoms in total. The lowest BCUT2D eigenvalue weighted by Crippen LogP contribution is -2.54. The van der Waals surface area contributed by atoms with Gasteiger partial charge in [0.1, 0.15) is 12.2 Å². The monoisotopic (exact) mass is 886 g/mol. The van der Waals surface area contributed by atoms with E-state index in [1.807, 2.05) is 12.1 Å². The summed E-state index contributed by atoms with van der Waals surface area (Å²) >= 11 is 12.7. The van der Waals surface area contributed by atoms with E-state index >= 15 is 0 Å². The van der Waals surface area contributed by atoms with E-state index in [0.29, 0.717) is 69.6 Å². The molecule has 18 heteroatoms. The van der Waals surface area contributed by atoms with Crippen molar-refractivity contribution in [2.75, 3.05) is 73.1 Å². The van der Waals surface area contributed by atoms with E-state index in [-0.39, 0.29) is 72.8 Å². The summed E-state index contributed by atoms with van der Waals surface area (Å²) in [6.07, 6.45) is -8.77. The fourth-order valence-electron chi connectivity index (χ4n) is 8.59. The predicted octanol–water partition coefficient (Wildman–Crippen LogP) is 8.22. The number of nitrogens with zero attached hydrogens (tertiary/aromatic N) is 4. The molecule has 3 aromatic carbocycles. The molecule has 2 heterocycles. The standard InChI is InChI=1S/C42H46Cl2F6N4O6/c1-51(13-5-14-52(2)38(57)58)36(55)25-59-35-22-27-6-3-4-7-32(27)39(35)10-15-53(16-11-39)17-12-40(29-8-9-33(43)34(44)24-29)26-54(18-19-60-40)37(56)28-20-30(41(45,46)47)23-31(21-28)42(48,49)50/h3-4,6-9,20-21,23-24,35H,5,10-19,22,25-26H2,1-2H3,(H,57,58)/t35-,40-/m0/s1. The van der Waals surface area contributed by atoms with Crippen LogP contribution in [0.4, 0.5) is 31.1 Å². The molecule has 1 N–H and O–H groups in total. The van der Waals surface area contributed by atoms with Crippen molar-refractivity contribution >= 4 is 41.1 Å². The number of carbonyl (C=O) groups excluding carboxylic acids is 2. The first kappa shape index (κ1) is 45.4. The van der Waals surface area contributed by atoms with Crippen LogP contribution in [0.1, 0.15) is 63.9 Å². The molecule has 0 radical (unpaired) electrons. The molecule has 0 aromatic heterocycles. The average Bonchev–Trinajstić information content (AvgIpc) is 3.51. The summed E-state index contributed by atoms with van der Waals surface area (Å²) in [5, 5.41) is 9.56. The summed E-state index contributed by atoms with van der Waals surface area (Å²) in [6.45, 7) is 1.92. The second kappa shape index (κ2) is 18.1. The first-order valence-corrected chi connectivity index (χ1v) is 20.3. The molecule has 2 fully saturated rings. The van der Waals surface area contributed by atoms with Gasteiger partial charge in [-0.05, 0) is 92.2 Å². The number of ether oxygens (including phenoxy) is 2. The zero-order valence-electron chi connectivity index (χ0n) is 33.1. The van der Waals surface area contributed by atoms with Crippen LogP contribution in [0, 0.1) is 0 Å². The van der Waals surface area contributed by atoms with Crippen molar-refractivity contribution in [1.29, 1.82) is 0 Å². The number of carboxylic acid groups (broad SMARTS) is 1. The molecule has 326 valence electrons. The highest BCUT2D eigenvalue weighted by Crippen LogP contribution is 2.48. The van der Waals surface area contributed by atoms with E-state index < -0.39 is 46.6 Å². The van der Waals surface area contributed by atoms with E-state index in [1.54, 1.807) is 25.2 Å². The molecular formula is C42H46Cl2F6N4O6. The van der Waals surface area contributed by atoms with Crippen molar-refractivity contribution in [2.24, 2.45) is 0 Å².